The van der Waals surface area contributed by atoms with E-state index < -0.39 is 80.5 Å². The number of methoxy groups -OCH3 is 1. The quantitative estimate of drug-likeness (QED) is 0.0838. The van der Waals surface area contributed by atoms with Crippen LogP contribution in [-0.2, 0) is 33.3 Å². The number of nitrogens with one attached hydrogen (secondary N) is 1. The molecule has 0 aromatic carbocycles. The van der Waals surface area contributed by atoms with Gasteiger partial charge in [-0.2, -0.15) is 0 Å². The third kappa shape index (κ3) is 9.62. The van der Waals surface area contributed by atoms with Crippen LogP contribution in [0.4, 0.5) is 0 Å². The summed E-state index contributed by atoms with van der Waals surface area (Å²) in [4.78, 5) is 22.7. The second kappa shape index (κ2) is 16.6. The number of hydrogen-bond donors (Lipinski definition) is 7. The molecule has 222 valence electrons. The van der Waals surface area contributed by atoms with Crippen molar-refractivity contribution in [3.05, 3.63) is 0 Å². The molecule has 0 aromatic heterocycles. The lowest BCUT2D eigenvalue weighted by Gasteiger charge is -2.44. The van der Waals surface area contributed by atoms with Crippen molar-refractivity contribution in [2.24, 2.45) is 0 Å². The Labute approximate surface area is 221 Å². The van der Waals surface area contributed by atoms with E-state index in [1.807, 2.05) is 0 Å². The topological polar surface area (TPSA) is 214 Å². The van der Waals surface area contributed by atoms with Crippen molar-refractivity contribution in [1.82, 2.24) is 5.32 Å². The minimum absolute atomic E-state index is 0.218. The molecule has 1 amide bonds. The molecule has 2 aliphatic heterocycles. The van der Waals surface area contributed by atoms with Crippen LogP contribution >= 0.6 is 0 Å². The van der Waals surface area contributed by atoms with Gasteiger partial charge in [-0.3, -0.25) is 9.59 Å². The van der Waals surface area contributed by atoms with Gasteiger partial charge in [0.2, 0.25) is 5.91 Å². The molecule has 0 unspecified atom stereocenters. The largest absolute Gasteiger partial charge is 0.469 e. The van der Waals surface area contributed by atoms with Crippen LogP contribution in [0.3, 0.4) is 0 Å². The molecule has 14 nitrogen and oxygen atoms in total. The van der Waals surface area contributed by atoms with Gasteiger partial charge in [0.15, 0.2) is 12.6 Å². The molecule has 7 N–H and O–H groups in total. The van der Waals surface area contributed by atoms with Gasteiger partial charge in [0.25, 0.3) is 0 Å². The molecule has 0 spiro atoms. The van der Waals surface area contributed by atoms with Gasteiger partial charge in [-0.25, -0.2) is 0 Å². The van der Waals surface area contributed by atoms with E-state index in [4.69, 9.17) is 18.9 Å². The van der Waals surface area contributed by atoms with E-state index in [2.05, 4.69) is 10.1 Å². The fraction of sp³-hybridized carbons (Fsp3) is 0.917. The maximum absolute atomic E-state index is 11.6. The fourth-order valence-electron chi connectivity index (χ4n) is 4.37. The number of aliphatic hydroxyl groups is 6. The third-order valence-electron chi connectivity index (χ3n) is 6.63. The number of unbranched alkanes of at least 4 members (excludes halogenated alkanes) is 5. The molecule has 38 heavy (non-hydrogen) atoms. The fourth-order valence-corrected chi connectivity index (χ4v) is 4.37. The zero-order chi connectivity index (χ0) is 28.2. The molecular weight excluding hydrogens is 510 g/mol. The van der Waals surface area contributed by atoms with Crippen LogP contribution in [0.15, 0.2) is 0 Å². The van der Waals surface area contributed by atoms with Gasteiger partial charge in [0, 0.05) is 20.0 Å². The van der Waals surface area contributed by atoms with Gasteiger partial charge in [-0.15, -0.1) is 0 Å². The number of rotatable bonds is 15. The van der Waals surface area contributed by atoms with Crippen LogP contribution in [0, 0.1) is 0 Å². The molecule has 0 aliphatic carbocycles. The summed E-state index contributed by atoms with van der Waals surface area (Å²) in [5, 5.41) is 63.3. The molecule has 10 atom stereocenters. The van der Waals surface area contributed by atoms with E-state index >= 15 is 0 Å². The second-order valence-corrected chi connectivity index (χ2v) is 9.60. The summed E-state index contributed by atoms with van der Waals surface area (Å²) in [6, 6.07) is -1.19. The van der Waals surface area contributed by atoms with Crippen molar-refractivity contribution in [3.63, 3.8) is 0 Å². The molecule has 2 rings (SSSR count). The maximum atomic E-state index is 11.6. The number of ether oxygens (including phenoxy) is 5. The Morgan fingerprint density at radius 2 is 1.37 bits per heavy atom. The predicted molar refractivity (Wildman–Crippen MR) is 128 cm³/mol. The maximum Gasteiger partial charge on any atom is 0.305 e. The highest BCUT2D eigenvalue weighted by atomic mass is 16.7. The molecule has 2 fully saturated rings. The van der Waals surface area contributed by atoms with Crippen LogP contribution in [0.5, 0.6) is 0 Å². The van der Waals surface area contributed by atoms with Crippen molar-refractivity contribution < 1.29 is 63.9 Å². The van der Waals surface area contributed by atoms with Gasteiger partial charge in [-0.05, 0) is 12.8 Å². The molecule has 2 saturated heterocycles. The van der Waals surface area contributed by atoms with Crippen molar-refractivity contribution in [1.29, 1.82) is 0 Å². The van der Waals surface area contributed by atoms with E-state index in [0.717, 1.165) is 32.1 Å². The van der Waals surface area contributed by atoms with E-state index in [-0.39, 0.29) is 12.6 Å². The van der Waals surface area contributed by atoms with E-state index in [9.17, 15) is 40.2 Å². The molecule has 0 saturated carbocycles. The first-order valence-corrected chi connectivity index (χ1v) is 13.0. The third-order valence-corrected chi connectivity index (χ3v) is 6.63. The molecule has 14 heteroatoms. The molecule has 0 radical (unpaired) electrons. The summed E-state index contributed by atoms with van der Waals surface area (Å²) >= 11 is 0. The lowest BCUT2D eigenvalue weighted by Crippen LogP contribution is -2.65. The normalized spacial score (nSPS) is 35.6. The molecule has 0 bridgehead atoms. The van der Waals surface area contributed by atoms with Crippen LogP contribution in [0.1, 0.15) is 51.9 Å². The number of hydrogen-bond acceptors (Lipinski definition) is 13. The lowest BCUT2D eigenvalue weighted by atomic mass is 9.96. The second-order valence-electron chi connectivity index (χ2n) is 9.60. The summed E-state index contributed by atoms with van der Waals surface area (Å²) < 4.78 is 26.9. The number of carbonyl (C=O) groups is 2. The van der Waals surface area contributed by atoms with Crippen LogP contribution in [-0.4, -0.2) is 131 Å². The van der Waals surface area contributed by atoms with E-state index in [1.54, 1.807) is 0 Å². The first kappa shape index (κ1) is 32.8. The van der Waals surface area contributed by atoms with Crippen molar-refractivity contribution in [2.75, 3.05) is 26.9 Å². The lowest BCUT2D eigenvalue weighted by molar-refractivity contribution is -0.320. The Hall–Kier alpha value is -1.46. The van der Waals surface area contributed by atoms with Crippen LogP contribution in [0.25, 0.3) is 0 Å². The van der Waals surface area contributed by atoms with Gasteiger partial charge in [0.05, 0.1) is 20.3 Å². The minimum atomic E-state index is -1.59. The summed E-state index contributed by atoms with van der Waals surface area (Å²) in [5.41, 5.74) is 0. The smallest absolute Gasteiger partial charge is 0.305 e. The summed E-state index contributed by atoms with van der Waals surface area (Å²) in [6.07, 6.45) is -7.04. The predicted octanol–water partition coefficient (Wildman–Crippen LogP) is -2.33. The highest BCUT2D eigenvalue weighted by Gasteiger charge is 2.48. The zero-order valence-corrected chi connectivity index (χ0v) is 21.9. The average molecular weight is 554 g/mol. The molecular formula is C24H43NO13. The zero-order valence-electron chi connectivity index (χ0n) is 21.9. The number of amides is 1. The van der Waals surface area contributed by atoms with Crippen LogP contribution in [0.2, 0.25) is 0 Å². The number of aliphatic hydroxyl groups excluding tert-OH is 6. The Bertz CT molecular complexity index is 713. The van der Waals surface area contributed by atoms with Crippen LogP contribution < -0.4 is 5.32 Å². The minimum Gasteiger partial charge on any atom is -0.469 e. The monoisotopic (exact) mass is 553 g/mol. The molecule has 2 heterocycles. The Morgan fingerprint density at radius 1 is 0.763 bits per heavy atom. The first-order valence-electron chi connectivity index (χ1n) is 13.0. The molecule has 0 aromatic rings. The summed E-state index contributed by atoms with van der Waals surface area (Å²) in [6.45, 7) is 0.423. The Balaban J connectivity index is 1.81. The average Bonchev–Trinajstić information content (AvgIpc) is 2.89. The van der Waals surface area contributed by atoms with Gasteiger partial charge >= 0.3 is 5.97 Å². The Morgan fingerprint density at radius 3 is 2.00 bits per heavy atom. The highest BCUT2D eigenvalue weighted by molar-refractivity contribution is 5.73. The van der Waals surface area contributed by atoms with E-state index in [0.29, 0.717) is 12.8 Å². The summed E-state index contributed by atoms with van der Waals surface area (Å²) in [5.74, 6) is -0.743. The van der Waals surface area contributed by atoms with Gasteiger partial charge < -0.3 is 59.6 Å². The first-order chi connectivity index (χ1) is 18.1. The Kier molecular flexibility index (Phi) is 14.3. The van der Waals surface area contributed by atoms with Gasteiger partial charge in [0.1, 0.15) is 48.8 Å². The van der Waals surface area contributed by atoms with Crippen molar-refractivity contribution in [3.8, 4) is 0 Å². The van der Waals surface area contributed by atoms with Gasteiger partial charge in [-0.1, -0.05) is 25.7 Å². The SMILES string of the molecule is COC(=O)CCCCCCCCO[C@H]1O[C@H](CO[C@@H]2O[C@H](CO)[C@@H](O)[C@H](O)[C@H]2NC(C)=O)[C@@H](O)[C@H](O)[C@@H]1O. The molecule has 2 aliphatic rings. The highest BCUT2D eigenvalue weighted by Crippen LogP contribution is 2.26. The number of carbonyl (C=O) groups excluding carboxylic acids is 2. The van der Waals surface area contributed by atoms with E-state index in [1.165, 1.54) is 14.0 Å². The standard InChI is InChI=1S/C24H43NO13/c1-13(27)25-17-20(31)18(29)14(11-26)37-23(17)36-12-15-19(30)21(32)22(33)24(38-15)35-10-8-6-4-3-5-7-9-16(28)34-2/h14-15,17-24,26,29-33H,3-12H2,1-2H3,(H,25,27)/t14-,15-,17-,18-,19-,20-,21+,22+,23-,24+/m1/s1. The van der Waals surface area contributed by atoms with Crippen molar-refractivity contribution in [2.45, 2.75) is 113 Å². The van der Waals surface area contributed by atoms with Crippen molar-refractivity contribution >= 4 is 11.9 Å². The summed E-state index contributed by atoms with van der Waals surface area (Å²) in [7, 11) is 1.36. The number of esters is 1.